The van der Waals surface area contributed by atoms with Crippen molar-refractivity contribution in [3.05, 3.63) is 10.7 Å². The van der Waals surface area contributed by atoms with E-state index in [9.17, 15) is 8.42 Å². The van der Waals surface area contributed by atoms with Crippen LogP contribution in [0.2, 0.25) is 4.47 Å². The van der Waals surface area contributed by atoms with Gasteiger partial charge in [-0.25, -0.2) is 18.1 Å². The molecule has 78 valence electrons. The Balaban J connectivity index is 2.15. The van der Waals surface area contributed by atoms with E-state index in [1.54, 1.807) is 0 Å². The summed E-state index contributed by atoms with van der Waals surface area (Å²) >= 11 is 6.48. The molecule has 0 amide bonds. The first-order valence-electron chi connectivity index (χ1n) is 3.79. The highest BCUT2D eigenvalue weighted by Gasteiger charge is 2.26. The van der Waals surface area contributed by atoms with Crippen molar-refractivity contribution in [1.29, 1.82) is 0 Å². The Morgan fingerprint density at radius 1 is 1.64 bits per heavy atom. The monoisotopic (exact) mass is 254 g/mol. The quantitative estimate of drug-likeness (QED) is 0.852. The van der Waals surface area contributed by atoms with Crippen molar-refractivity contribution in [2.24, 2.45) is 0 Å². The van der Waals surface area contributed by atoms with E-state index in [2.05, 4.69) is 9.71 Å². The third-order valence-corrected chi connectivity index (χ3v) is 4.78. The summed E-state index contributed by atoms with van der Waals surface area (Å²) < 4.78 is 30.9. The molecule has 1 N–H and O–H groups in total. The average molecular weight is 255 g/mol. The lowest BCUT2D eigenvalue weighted by atomic mass is 10.3. The van der Waals surface area contributed by atoms with Gasteiger partial charge in [-0.1, -0.05) is 22.9 Å². The predicted molar refractivity (Wildman–Crippen MR) is 52.1 cm³/mol. The van der Waals surface area contributed by atoms with Gasteiger partial charge in [0.2, 0.25) is 0 Å². The molecule has 0 aliphatic carbocycles. The van der Waals surface area contributed by atoms with Gasteiger partial charge in [-0.2, -0.15) is 0 Å². The molecule has 0 radical (unpaired) electrons. The zero-order valence-electron chi connectivity index (χ0n) is 6.94. The summed E-state index contributed by atoms with van der Waals surface area (Å²) in [7, 11) is -3.46. The second-order valence-electron chi connectivity index (χ2n) is 2.79. The van der Waals surface area contributed by atoms with Crippen LogP contribution in [-0.2, 0) is 14.8 Å². The van der Waals surface area contributed by atoms with E-state index in [4.69, 9.17) is 16.3 Å². The van der Waals surface area contributed by atoms with Crippen LogP contribution >= 0.6 is 22.9 Å². The van der Waals surface area contributed by atoms with Gasteiger partial charge >= 0.3 is 0 Å². The third-order valence-electron chi connectivity index (χ3n) is 1.68. The van der Waals surface area contributed by atoms with E-state index in [1.165, 1.54) is 6.20 Å². The van der Waals surface area contributed by atoms with Crippen molar-refractivity contribution in [2.45, 2.75) is 10.3 Å². The molecule has 0 bridgehead atoms. The van der Waals surface area contributed by atoms with Crippen LogP contribution in [0, 0.1) is 0 Å². The molecule has 0 atom stereocenters. The van der Waals surface area contributed by atoms with Crippen molar-refractivity contribution in [2.75, 3.05) is 13.2 Å². The smallest absolute Gasteiger partial charge is 0.252 e. The molecule has 1 aliphatic rings. The molecule has 0 saturated carbocycles. The molecule has 2 rings (SSSR count). The largest absolute Gasteiger partial charge is 0.378 e. The minimum atomic E-state index is -3.46. The van der Waals surface area contributed by atoms with E-state index in [0.29, 0.717) is 13.2 Å². The number of hydrogen-bond acceptors (Lipinski definition) is 5. The molecule has 14 heavy (non-hydrogen) atoms. The predicted octanol–water partition coefficient (Wildman–Crippen LogP) is 0.474. The molecule has 0 aromatic carbocycles. The van der Waals surface area contributed by atoms with E-state index in [-0.39, 0.29) is 14.7 Å². The van der Waals surface area contributed by atoms with Crippen LogP contribution in [-0.4, -0.2) is 32.7 Å². The van der Waals surface area contributed by atoms with Crippen molar-refractivity contribution < 1.29 is 13.2 Å². The van der Waals surface area contributed by atoms with Gasteiger partial charge < -0.3 is 4.74 Å². The summed E-state index contributed by atoms with van der Waals surface area (Å²) in [6.07, 6.45) is 1.24. The molecular formula is C6H7ClN2O3S2. The topological polar surface area (TPSA) is 68.3 Å². The standard InChI is InChI=1S/C6H7ClN2O3S2/c7-6-8-1-5(13-6)14(10,11)9-4-2-12-3-4/h1,4,9H,2-3H2. The number of thiazole rings is 1. The number of hydrogen-bond donors (Lipinski definition) is 1. The Kier molecular flexibility index (Phi) is 2.76. The van der Waals surface area contributed by atoms with E-state index in [1.807, 2.05) is 0 Å². The van der Waals surface area contributed by atoms with Crippen molar-refractivity contribution in [1.82, 2.24) is 9.71 Å². The Morgan fingerprint density at radius 2 is 2.36 bits per heavy atom. The molecule has 1 aromatic rings. The van der Waals surface area contributed by atoms with Crippen LogP contribution in [0.1, 0.15) is 0 Å². The first kappa shape index (κ1) is 10.3. The van der Waals surface area contributed by atoms with Gasteiger partial charge in [0.05, 0.1) is 25.5 Å². The Labute approximate surface area is 90.1 Å². The summed E-state index contributed by atoms with van der Waals surface area (Å²) in [6.45, 7) is 0.845. The number of halogens is 1. The number of aromatic nitrogens is 1. The maximum atomic E-state index is 11.6. The minimum Gasteiger partial charge on any atom is -0.378 e. The van der Waals surface area contributed by atoms with Crippen molar-refractivity contribution >= 4 is 33.0 Å². The molecular weight excluding hydrogens is 248 g/mol. The van der Waals surface area contributed by atoms with Gasteiger partial charge in [-0.15, -0.1) is 0 Å². The summed E-state index contributed by atoms with van der Waals surface area (Å²) in [4.78, 5) is 3.67. The molecule has 1 fully saturated rings. The number of rotatable bonds is 3. The number of ether oxygens (including phenoxy) is 1. The summed E-state index contributed by atoms with van der Waals surface area (Å²) in [5.41, 5.74) is 0. The fraction of sp³-hybridized carbons (Fsp3) is 0.500. The van der Waals surface area contributed by atoms with Gasteiger partial charge in [-0.05, 0) is 0 Å². The number of nitrogens with one attached hydrogen (secondary N) is 1. The van der Waals surface area contributed by atoms with Crippen molar-refractivity contribution in [3.63, 3.8) is 0 Å². The molecule has 8 heteroatoms. The van der Waals surface area contributed by atoms with Gasteiger partial charge in [0.15, 0.2) is 8.68 Å². The molecule has 5 nitrogen and oxygen atoms in total. The highest BCUT2D eigenvalue weighted by Crippen LogP contribution is 2.22. The molecule has 0 unspecified atom stereocenters. The van der Waals surface area contributed by atoms with Gasteiger partial charge in [0, 0.05) is 0 Å². The second-order valence-corrected chi connectivity index (χ2v) is 6.34. The van der Waals surface area contributed by atoms with Crippen LogP contribution in [0.25, 0.3) is 0 Å². The van der Waals surface area contributed by atoms with Crippen molar-refractivity contribution in [3.8, 4) is 0 Å². The SMILES string of the molecule is O=S(=O)(NC1COC1)c1cnc(Cl)s1. The zero-order valence-corrected chi connectivity index (χ0v) is 9.32. The lowest BCUT2D eigenvalue weighted by molar-refractivity contribution is 0.00484. The van der Waals surface area contributed by atoms with Gasteiger partial charge in [0.25, 0.3) is 10.0 Å². The summed E-state index contributed by atoms with van der Waals surface area (Å²) in [6, 6.07) is -0.124. The molecule has 1 aliphatic heterocycles. The Morgan fingerprint density at radius 3 is 2.79 bits per heavy atom. The number of nitrogens with zero attached hydrogens (tertiary/aromatic N) is 1. The Hall–Kier alpha value is -0.210. The molecule has 1 aromatic heterocycles. The highest BCUT2D eigenvalue weighted by atomic mass is 35.5. The van der Waals surface area contributed by atoms with Crippen LogP contribution in [0.4, 0.5) is 0 Å². The van der Waals surface area contributed by atoms with Gasteiger partial charge in [0.1, 0.15) is 0 Å². The normalized spacial score (nSPS) is 18.1. The Bertz CT molecular complexity index is 426. The van der Waals surface area contributed by atoms with Crippen LogP contribution in [0.15, 0.2) is 10.4 Å². The molecule has 1 saturated heterocycles. The lowest BCUT2D eigenvalue weighted by Gasteiger charge is -2.26. The van der Waals surface area contributed by atoms with E-state index < -0.39 is 10.0 Å². The fourth-order valence-electron chi connectivity index (χ4n) is 0.945. The first-order chi connectivity index (χ1) is 6.58. The minimum absolute atomic E-state index is 0.124. The highest BCUT2D eigenvalue weighted by molar-refractivity contribution is 7.91. The van der Waals surface area contributed by atoms with Crippen LogP contribution in [0.5, 0.6) is 0 Å². The van der Waals surface area contributed by atoms with Gasteiger partial charge in [-0.3, -0.25) is 0 Å². The molecule has 0 spiro atoms. The van der Waals surface area contributed by atoms with E-state index >= 15 is 0 Å². The summed E-state index contributed by atoms with van der Waals surface area (Å²) in [5.74, 6) is 0. The van der Waals surface area contributed by atoms with Crippen LogP contribution in [0.3, 0.4) is 0 Å². The molecule has 2 heterocycles. The zero-order chi connectivity index (χ0) is 10.2. The first-order valence-corrected chi connectivity index (χ1v) is 6.47. The van der Waals surface area contributed by atoms with Crippen LogP contribution < -0.4 is 4.72 Å². The third kappa shape index (κ3) is 2.06. The average Bonchev–Trinajstić information content (AvgIpc) is 2.45. The van der Waals surface area contributed by atoms with E-state index in [0.717, 1.165) is 11.3 Å². The summed E-state index contributed by atoms with van der Waals surface area (Å²) in [5, 5.41) is 0. The maximum Gasteiger partial charge on any atom is 0.252 e. The maximum absolute atomic E-state index is 11.6. The second kappa shape index (κ2) is 3.74. The number of sulfonamides is 1. The fourth-order valence-corrected chi connectivity index (χ4v) is 3.46. The lowest BCUT2D eigenvalue weighted by Crippen LogP contribution is -2.48.